The van der Waals surface area contributed by atoms with Gasteiger partial charge in [0.25, 0.3) is 11.8 Å². The molecular weight excluding hydrogens is 272 g/mol. The number of aliphatic hydroxyl groups is 1. The minimum atomic E-state index is -0.805. The summed E-state index contributed by atoms with van der Waals surface area (Å²) in [5, 5.41) is 10.1. The van der Waals surface area contributed by atoms with Gasteiger partial charge in [-0.2, -0.15) is 0 Å². The summed E-state index contributed by atoms with van der Waals surface area (Å²) in [6, 6.07) is 6.51. The van der Waals surface area contributed by atoms with Crippen LogP contribution in [0.15, 0.2) is 24.3 Å². The molecular formula is C15H20N2O4. The third-order valence-electron chi connectivity index (χ3n) is 3.86. The fourth-order valence-corrected chi connectivity index (χ4v) is 2.18. The average molecular weight is 292 g/mol. The molecule has 0 spiro atoms. The summed E-state index contributed by atoms with van der Waals surface area (Å²) in [6.45, 7) is 4.27. The van der Waals surface area contributed by atoms with Crippen molar-refractivity contribution in [3.8, 4) is 5.75 Å². The average Bonchev–Trinajstić information content (AvgIpc) is 2.41. The first-order valence-electron chi connectivity index (χ1n) is 6.85. The highest BCUT2D eigenvalue weighted by atomic mass is 16.5. The van der Waals surface area contributed by atoms with Gasteiger partial charge in [0.15, 0.2) is 6.61 Å². The van der Waals surface area contributed by atoms with E-state index >= 15 is 0 Å². The maximum Gasteiger partial charge on any atom is 0.260 e. The van der Waals surface area contributed by atoms with Gasteiger partial charge in [-0.05, 0) is 18.1 Å². The lowest BCUT2D eigenvalue weighted by Gasteiger charge is -2.48. The van der Waals surface area contributed by atoms with Crippen LogP contribution in [0.4, 0.5) is 0 Å². The molecule has 0 bridgehead atoms. The van der Waals surface area contributed by atoms with Crippen LogP contribution in [-0.4, -0.2) is 47.1 Å². The highest BCUT2D eigenvalue weighted by molar-refractivity contribution is 5.95. The summed E-state index contributed by atoms with van der Waals surface area (Å²) in [4.78, 5) is 24.7. The third kappa shape index (κ3) is 3.16. The number of nitrogens with zero attached hydrogens (tertiary/aromatic N) is 1. The molecule has 1 aromatic rings. The molecule has 0 atom stereocenters. The molecule has 3 N–H and O–H groups in total. The van der Waals surface area contributed by atoms with E-state index in [2.05, 4.69) is 0 Å². The number of primary amides is 1. The minimum absolute atomic E-state index is 0.0954. The summed E-state index contributed by atoms with van der Waals surface area (Å²) in [6.07, 6.45) is 0. The van der Waals surface area contributed by atoms with Crippen LogP contribution in [-0.2, 0) is 4.79 Å². The number of rotatable bonds is 5. The second-order valence-corrected chi connectivity index (χ2v) is 5.66. The predicted molar refractivity (Wildman–Crippen MR) is 76.8 cm³/mol. The van der Waals surface area contributed by atoms with Gasteiger partial charge < -0.3 is 20.5 Å². The topological polar surface area (TPSA) is 92.9 Å². The predicted octanol–water partition coefficient (Wildman–Crippen LogP) is 0.394. The summed E-state index contributed by atoms with van der Waals surface area (Å²) < 4.78 is 5.37. The number of para-hydroxylation sites is 1. The Kier molecular flexibility index (Phi) is 4.18. The van der Waals surface area contributed by atoms with Gasteiger partial charge in [0.05, 0.1) is 18.7 Å². The van der Waals surface area contributed by atoms with Crippen LogP contribution in [0.3, 0.4) is 0 Å². The van der Waals surface area contributed by atoms with Gasteiger partial charge in [0.2, 0.25) is 0 Å². The second-order valence-electron chi connectivity index (χ2n) is 5.66. The fourth-order valence-electron chi connectivity index (χ4n) is 2.18. The Labute approximate surface area is 123 Å². The number of ether oxygens (including phenoxy) is 1. The lowest BCUT2D eigenvalue weighted by Crippen LogP contribution is -2.66. The zero-order valence-corrected chi connectivity index (χ0v) is 12.2. The van der Waals surface area contributed by atoms with Crippen LogP contribution < -0.4 is 10.5 Å². The van der Waals surface area contributed by atoms with Crippen LogP contribution in [0, 0.1) is 5.92 Å². The number of benzene rings is 1. The van der Waals surface area contributed by atoms with E-state index in [1.165, 1.54) is 4.90 Å². The molecule has 0 aliphatic carbocycles. The number of hydrogen-bond donors (Lipinski definition) is 2. The SMILES string of the molecule is CC(C)C1(O)CN(C(=O)COc2ccccc2C(N)=O)C1. The molecule has 1 aromatic carbocycles. The molecule has 114 valence electrons. The Bertz CT molecular complexity index is 550. The Morgan fingerprint density at radius 3 is 2.57 bits per heavy atom. The molecule has 6 nitrogen and oxygen atoms in total. The molecule has 2 rings (SSSR count). The van der Waals surface area contributed by atoms with Gasteiger partial charge >= 0.3 is 0 Å². The van der Waals surface area contributed by atoms with Crippen molar-refractivity contribution in [1.29, 1.82) is 0 Å². The van der Waals surface area contributed by atoms with Crippen molar-refractivity contribution in [2.24, 2.45) is 11.7 Å². The Morgan fingerprint density at radius 1 is 1.38 bits per heavy atom. The molecule has 0 unspecified atom stereocenters. The van der Waals surface area contributed by atoms with Crippen molar-refractivity contribution in [3.63, 3.8) is 0 Å². The van der Waals surface area contributed by atoms with Crippen LogP contribution >= 0.6 is 0 Å². The summed E-state index contributed by atoms with van der Waals surface area (Å²) in [5.41, 5.74) is 4.68. The first kappa shape index (κ1) is 15.3. The number of likely N-dealkylation sites (tertiary alicyclic amines) is 1. The van der Waals surface area contributed by atoms with Crippen molar-refractivity contribution < 1.29 is 19.4 Å². The van der Waals surface area contributed by atoms with E-state index in [-0.39, 0.29) is 29.7 Å². The molecule has 0 aromatic heterocycles. The molecule has 0 saturated carbocycles. The number of carbonyl (C=O) groups excluding carboxylic acids is 2. The standard InChI is InChI=1S/C15H20N2O4/c1-10(2)15(20)8-17(9-15)13(18)7-21-12-6-4-3-5-11(12)14(16)19/h3-6,10,20H,7-9H2,1-2H3,(H2,16,19). The zero-order chi connectivity index (χ0) is 15.6. The third-order valence-corrected chi connectivity index (χ3v) is 3.86. The molecule has 1 saturated heterocycles. The quantitative estimate of drug-likeness (QED) is 0.821. The van der Waals surface area contributed by atoms with E-state index in [1.807, 2.05) is 13.8 Å². The van der Waals surface area contributed by atoms with Crippen molar-refractivity contribution in [1.82, 2.24) is 4.90 Å². The molecule has 1 heterocycles. The van der Waals surface area contributed by atoms with Gasteiger partial charge in [-0.25, -0.2) is 0 Å². The Hall–Kier alpha value is -2.08. The lowest BCUT2D eigenvalue weighted by molar-refractivity contribution is -0.165. The highest BCUT2D eigenvalue weighted by Crippen LogP contribution is 2.28. The normalized spacial score (nSPS) is 16.5. The highest BCUT2D eigenvalue weighted by Gasteiger charge is 2.45. The van der Waals surface area contributed by atoms with Crippen molar-refractivity contribution in [2.75, 3.05) is 19.7 Å². The Morgan fingerprint density at radius 2 is 2.00 bits per heavy atom. The van der Waals surface area contributed by atoms with E-state index < -0.39 is 11.5 Å². The summed E-state index contributed by atoms with van der Waals surface area (Å²) in [5.74, 6) is -0.438. The van der Waals surface area contributed by atoms with Gasteiger partial charge in [-0.15, -0.1) is 0 Å². The fraction of sp³-hybridized carbons (Fsp3) is 0.467. The van der Waals surface area contributed by atoms with Crippen molar-refractivity contribution >= 4 is 11.8 Å². The summed E-state index contributed by atoms with van der Waals surface area (Å²) in [7, 11) is 0. The molecule has 0 radical (unpaired) electrons. The number of carbonyl (C=O) groups is 2. The van der Waals surface area contributed by atoms with Gasteiger partial charge in [-0.1, -0.05) is 26.0 Å². The van der Waals surface area contributed by atoms with E-state index in [0.717, 1.165) is 0 Å². The van der Waals surface area contributed by atoms with E-state index in [4.69, 9.17) is 10.5 Å². The van der Waals surface area contributed by atoms with Gasteiger partial charge in [0, 0.05) is 0 Å². The molecule has 6 heteroatoms. The van der Waals surface area contributed by atoms with E-state index in [9.17, 15) is 14.7 Å². The molecule has 21 heavy (non-hydrogen) atoms. The van der Waals surface area contributed by atoms with E-state index in [0.29, 0.717) is 13.1 Å². The van der Waals surface area contributed by atoms with Crippen LogP contribution in [0.1, 0.15) is 24.2 Å². The maximum absolute atomic E-state index is 12.0. The van der Waals surface area contributed by atoms with E-state index in [1.54, 1.807) is 24.3 Å². The number of hydrogen-bond acceptors (Lipinski definition) is 4. The van der Waals surface area contributed by atoms with Gasteiger partial charge in [-0.3, -0.25) is 9.59 Å². The first-order chi connectivity index (χ1) is 9.83. The maximum atomic E-state index is 12.0. The Balaban J connectivity index is 1.90. The van der Waals surface area contributed by atoms with Crippen molar-refractivity contribution in [2.45, 2.75) is 19.4 Å². The van der Waals surface area contributed by atoms with Crippen LogP contribution in [0.5, 0.6) is 5.75 Å². The largest absolute Gasteiger partial charge is 0.483 e. The zero-order valence-electron chi connectivity index (χ0n) is 12.2. The second kappa shape index (κ2) is 5.73. The number of β-amino-alcohol motifs (C(OH)–C–C–N with tert-alkyl or cyclic N) is 1. The number of nitrogens with two attached hydrogens (primary N) is 1. The van der Waals surface area contributed by atoms with Crippen molar-refractivity contribution in [3.05, 3.63) is 29.8 Å². The first-order valence-corrected chi connectivity index (χ1v) is 6.85. The van der Waals surface area contributed by atoms with Gasteiger partial charge in [0.1, 0.15) is 11.4 Å². The minimum Gasteiger partial charge on any atom is -0.483 e. The van der Waals surface area contributed by atoms with Crippen LogP contribution in [0.2, 0.25) is 0 Å². The lowest BCUT2D eigenvalue weighted by atomic mass is 9.83. The molecule has 1 fully saturated rings. The molecule has 2 amide bonds. The summed E-state index contributed by atoms with van der Waals surface area (Å²) >= 11 is 0. The smallest absolute Gasteiger partial charge is 0.260 e. The molecule has 1 aliphatic heterocycles. The van der Waals surface area contributed by atoms with Crippen LogP contribution in [0.25, 0.3) is 0 Å². The molecule has 1 aliphatic rings. The monoisotopic (exact) mass is 292 g/mol. The number of amides is 2.